The number of hydrogen-bond donors (Lipinski definition) is 3. The van der Waals surface area contributed by atoms with E-state index in [0.29, 0.717) is 30.1 Å². The SMILES string of the molecule is NC(Cc1cc(C(F)(F)F)c2[nH]ncc2c1)C(=O)N1CCN(C2CCNCC2)CC1. The Kier molecular flexibility index (Phi) is 5.99. The third-order valence-corrected chi connectivity index (χ3v) is 6.14. The number of fused-ring (bicyclic) bond motifs is 1. The summed E-state index contributed by atoms with van der Waals surface area (Å²) in [6, 6.07) is 2.35. The van der Waals surface area contributed by atoms with Crippen molar-refractivity contribution in [3.8, 4) is 0 Å². The molecular weight excluding hydrogens is 397 g/mol. The van der Waals surface area contributed by atoms with E-state index in [9.17, 15) is 18.0 Å². The lowest BCUT2D eigenvalue weighted by molar-refractivity contribution is -0.136. The van der Waals surface area contributed by atoms with Crippen molar-refractivity contribution < 1.29 is 18.0 Å². The number of nitrogens with one attached hydrogen (secondary N) is 2. The molecule has 2 fully saturated rings. The third kappa shape index (κ3) is 4.45. The van der Waals surface area contributed by atoms with Crippen molar-refractivity contribution in [3.63, 3.8) is 0 Å². The van der Waals surface area contributed by atoms with Gasteiger partial charge in [-0.15, -0.1) is 0 Å². The van der Waals surface area contributed by atoms with Crippen LogP contribution in [-0.4, -0.2) is 77.3 Å². The number of H-pyrrole nitrogens is 1. The average Bonchev–Trinajstić information content (AvgIpc) is 3.21. The highest BCUT2D eigenvalue weighted by atomic mass is 19.4. The Labute approximate surface area is 172 Å². The molecule has 1 amide bonds. The molecule has 3 heterocycles. The molecule has 1 aromatic heterocycles. The van der Waals surface area contributed by atoms with E-state index in [-0.39, 0.29) is 17.8 Å². The number of alkyl halides is 3. The molecule has 1 atom stereocenters. The highest BCUT2D eigenvalue weighted by Crippen LogP contribution is 2.35. The number of nitrogens with two attached hydrogens (primary N) is 1. The number of nitrogens with zero attached hydrogens (tertiary/aromatic N) is 3. The van der Waals surface area contributed by atoms with Crippen molar-refractivity contribution in [2.75, 3.05) is 39.3 Å². The Balaban J connectivity index is 1.39. The van der Waals surface area contributed by atoms with Gasteiger partial charge in [0.2, 0.25) is 5.91 Å². The Bertz CT molecular complexity index is 884. The van der Waals surface area contributed by atoms with Gasteiger partial charge in [-0.1, -0.05) is 0 Å². The number of carbonyl (C=O) groups excluding carboxylic acids is 1. The zero-order valence-electron chi connectivity index (χ0n) is 16.7. The predicted octanol–water partition coefficient (Wildman–Crippen LogP) is 1.35. The molecule has 0 aliphatic carbocycles. The molecule has 1 aromatic carbocycles. The van der Waals surface area contributed by atoms with Gasteiger partial charge in [-0.25, -0.2) is 0 Å². The number of halogens is 3. The lowest BCUT2D eigenvalue weighted by Crippen LogP contribution is -2.56. The largest absolute Gasteiger partial charge is 0.418 e. The maximum Gasteiger partial charge on any atom is 0.418 e. The molecule has 2 aliphatic rings. The summed E-state index contributed by atoms with van der Waals surface area (Å²) < 4.78 is 40.2. The van der Waals surface area contributed by atoms with Gasteiger partial charge in [0.25, 0.3) is 0 Å². The van der Waals surface area contributed by atoms with Crippen molar-refractivity contribution >= 4 is 16.8 Å². The lowest BCUT2D eigenvalue weighted by Gasteiger charge is -2.41. The quantitative estimate of drug-likeness (QED) is 0.689. The van der Waals surface area contributed by atoms with Gasteiger partial charge < -0.3 is 16.0 Å². The Morgan fingerprint density at radius 3 is 2.57 bits per heavy atom. The van der Waals surface area contributed by atoms with Crippen LogP contribution >= 0.6 is 0 Å². The van der Waals surface area contributed by atoms with Crippen LogP contribution in [0.5, 0.6) is 0 Å². The summed E-state index contributed by atoms with van der Waals surface area (Å²) in [6.07, 6.45) is -0.879. The molecule has 30 heavy (non-hydrogen) atoms. The Hall–Kier alpha value is -2.17. The van der Waals surface area contributed by atoms with E-state index in [1.165, 1.54) is 6.20 Å². The zero-order valence-corrected chi connectivity index (χ0v) is 16.7. The summed E-state index contributed by atoms with van der Waals surface area (Å²) >= 11 is 0. The van der Waals surface area contributed by atoms with Gasteiger partial charge >= 0.3 is 6.18 Å². The van der Waals surface area contributed by atoms with Crippen molar-refractivity contribution in [2.24, 2.45) is 5.73 Å². The zero-order chi connectivity index (χ0) is 21.3. The first-order chi connectivity index (χ1) is 14.3. The number of piperazine rings is 1. The fourth-order valence-electron chi connectivity index (χ4n) is 4.52. The number of hydrogen-bond acceptors (Lipinski definition) is 5. The molecule has 4 rings (SSSR count). The average molecular weight is 424 g/mol. The van der Waals surface area contributed by atoms with Crippen LogP contribution in [0.25, 0.3) is 10.9 Å². The van der Waals surface area contributed by atoms with E-state index in [0.717, 1.165) is 45.1 Å². The minimum Gasteiger partial charge on any atom is -0.339 e. The Morgan fingerprint density at radius 1 is 1.20 bits per heavy atom. The third-order valence-electron chi connectivity index (χ3n) is 6.14. The van der Waals surface area contributed by atoms with Crippen LogP contribution in [0.15, 0.2) is 18.3 Å². The number of amides is 1. The molecule has 164 valence electrons. The van der Waals surface area contributed by atoms with Crippen LogP contribution in [-0.2, 0) is 17.4 Å². The molecule has 0 bridgehead atoms. The summed E-state index contributed by atoms with van der Waals surface area (Å²) in [5.41, 5.74) is 5.65. The van der Waals surface area contributed by atoms with Gasteiger partial charge in [-0.3, -0.25) is 14.8 Å². The van der Waals surface area contributed by atoms with Gasteiger partial charge in [0.15, 0.2) is 0 Å². The molecule has 1 unspecified atom stereocenters. The highest BCUT2D eigenvalue weighted by Gasteiger charge is 2.34. The first-order valence-electron chi connectivity index (χ1n) is 10.4. The molecule has 4 N–H and O–H groups in total. The monoisotopic (exact) mass is 424 g/mol. The summed E-state index contributed by atoms with van der Waals surface area (Å²) in [4.78, 5) is 17.0. The normalized spacial score (nSPS) is 20.6. The van der Waals surface area contributed by atoms with Crippen molar-refractivity contribution in [2.45, 2.75) is 37.5 Å². The fraction of sp³-hybridized carbons (Fsp3) is 0.600. The van der Waals surface area contributed by atoms with E-state index in [1.54, 1.807) is 11.0 Å². The minimum atomic E-state index is -4.51. The van der Waals surface area contributed by atoms with Crippen LogP contribution in [0, 0.1) is 0 Å². The molecule has 7 nitrogen and oxygen atoms in total. The van der Waals surface area contributed by atoms with Gasteiger partial charge in [-0.05, 0) is 50.0 Å². The number of benzene rings is 1. The predicted molar refractivity (Wildman–Crippen MR) is 107 cm³/mol. The number of carbonyl (C=O) groups is 1. The second-order valence-corrected chi connectivity index (χ2v) is 8.13. The maximum atomic E-state index is 13.4. The van der Waals surface area contributed by atoms with Gasteiger partial charge in [0.05, 0.1) is 23.3 Å². The van der Waals surface area contributed by atoms with Gasteiger partial charge in [0.1, 0.15) is 0 Å². The summed E-state index contributed by atoms with van der Waals surface area (Å²) in [7, 11) is 0. The number of rotatable bonds is 4. The minimum absolute atomic E-state index is 0.0531. The van der Waals surface area contributed by atoms with Crippen molar-refractivity contribution in [1.29, 1.82) is 0 Å². The molecule has 0 spiro atoms. The smallest absolute Gasteiger partial charge is 0.339 e. The molecule has 2 saturated heterocycles. The summed E-state index contributed by atoms with van der Waals surface area (Å²) in [5.74, 6) is -0.208. The molecule has 0 radical (unpaired) electrons. The standard InChI is InChI=1S/C20H27F3N6O/c21-20(22,23)16-10-13(9-14-12-26-27-18(14)16)11-17(24)19(30)29-7-5-28(6-8-29)15-1-3-25-4-2-15/h9-10,12,15,17,25H,1-8,11,24H2,(H,26,27). The Morgan fingerprint density at radius 2 is 1.90 bits per heavy atom. The van der Waals surface area contributed by atoms with Crippen molar-refractivity contribution in [3.05, 3.63) is 29.5 Å². The molecule has 10 heteroatoms. The van der Waals surface area contributed by atoms with Crippen LogP contribution in [0.3, 0.4) is 0 Å². The van der Waals surface area contributed by atoms with Crippen LogP contribution < -0.4 is 11.1 Å². The van der Waals surface area contributed by atoms with Crippen LogP contribution in [0.1, 0.15) is 24.0 Å². The van der Waals surface area contributed by atoms with E-state index < -0.39 is 17.8 Å². The first-order valence-corrected chi connectivity index (χ1v) is 10.4. The van der Waals surface area contributed by atoms with Gasteiger partial charge in [0, 0.05) is 37.6 Å². The fourth-order valence-corrected chi connectivity index (χ4v) is 4.52. The van der Waals surface area contributed by atoms with Crippen molar-refractivity contribution in [1.82, 2.24) is 25.3 Å². The van der Waals surface area contributed by atoms with E-state index in [2.05, 4.69) is 20.4 Å². The van der Waals surface area contributed by atoms with E-state index >= 15 is 0 Å². The second-order valence-electron chi connectivity index (χ2n) is 8.13. The number of aromatic amines is 1. The van der Waals surface area contributed by atoms with E-state index in [1.807, 2.05) is 0 Å². The highest BCUT2D eigenvalue weighted by molar-refractivity contribution is 5.84. The summed E-state index contributed by atoms with van der Waals surface area (Å²) in [5, 5.41) is 9.82. The maximum absolute atomic E-state index is 13.4. The van der Waals surface area contributed by atoms with Crippen LogP contribution in [0.2, 0.25) is 0 Å². The first kappa shape index (κ1) is 21.1. The second kappa shape index (κ2) is 8.52. The van der Waals surface area contributed by atoms with Gasteiger partial charge in [-0.2, -0.15) is 18.3 Å². The number of aromatic nitrogens is 2. The number of piperidine rings is 1. The molecule has 0 saturated carbocycles. The van der Waals surface area contributed by atoms with E-state index in [4.69, 9.17) is 5.73 Å². The summed E-state index contributed by atoms with van der Waals surface area (Å²) in [6.45, 7) is 4.87. The molecule has 2 aromatic rings. The molecule has 2 aliphatic heterocycles. The lowest BCUT2D eigenvalue weighted by atomic mass is 10.00. The molecular formula is C20H27F3N6O. The topological polar surface area (TPSA) is 90.3 Å². The van der Waals surface area contributed by atoms with Crippen LogP contribution in [0.4, 0.5) is 13.2 Å².